The highest BCUT2D eigenvalue weighted by Crippen LogP contribution is 2.14. The maximum atomic E-state index is 13.2. The quantitative estimate of drug-likeness (QED) is 0.801. The van der Waals surface area contributed by atoms with Gasteiger partial charge in [-0.05, 0) is 18.6 Å². The number of rotatable bonds is 4. The van der Waals surface area contributed by atoms with Crippen LogP contribution in [-0.2, 0) is 11.2 Å². The molecule has 3 nitrogen and oxygen atoms in total. The van der Waals surface area contributed by atoms with Crippen LogP contribution in [0, 0.1) is 5.82 Å². The molecule has 0 aliphatic carbocycles. The molecule has 0 saturated carbocycles. The monoisotopic (exact) mass is 198 g/mol. The lowest BCUT2D eigenvalue weighted by molar-refractivity contribution is 0.0694. The molecule has 1 N–H and O–H groups in total. The highest BCUT2D eigenvalue weighted by atomic mass is 19.1. The van der Waals surface area contributed by atoms with Gasteiger partial charge in [0.1, 0.15) is 5.82 Å². The second-order valence-electron chi connectivity index (χ2n) is 2.81. The van der Waals surface area contributed by atoms with E-state index in [2.05, 4.69) is 0 Å². The van der Waals surface area contributed by atoms with Gasteiger partial charge in [0, 0.05) is 12.7 Å². The highest BCUT2D eigenvalue weighted by molar-refractivity contribution is 5.89. The Labute approximate surface area is 81.1 Å². The third-order valence-corrected chi connectivity index (χ3v) is 1.91. The molecule has 0 atom stereocenters. The molecular weight excluding hydrogens is 187 g/mol. The molecule has 0 saturated heterocycles. The first kappa shape index (κ1) is 10.7. The first-order chi connectivity index (χ1) is 6.66. The number of benzene rings is 1. The fraction of sp³-hybridized carbons (Fsp3) is 0.300. The van der Waals surface area contributed by atoms with Gasteiger partial charge in [-0.25, -0.2) is 9.18 Å². The van der Waals surface area contributed by atoms with Crippen LogP contribution in [0.25, 0.3) is 0 Å². The molecule has 1 aromatic carbocycles. The highest BCUT2D eigenvalue weighted by Gasteiger charge is 2.13. The van der Waals surface area contributed by atoms with Gasteiger partial charge in [-0.2, -0.15) is 0 Å². The molecule has 0 unspecified atom stereocenters. The van der Waals surface area contributed by atoms with Crippen molar-refractivity contribution in [2.75, 3.05) is 13.7 Å². The Balaban J connectivity index is 3.02. The lowest BCUT2D eigenvalue weighted by atomic mass is 10.0. The Morgan fingerprint density at radius 2 is 2.29 bits per heavy atom. The summed E-state index contributed by atoms with van der Waals surface area (Å²) >= 11 is 0. The van der Waals surface area contributed by atoms with Gasteiger partial charge in [0.05, 0.1) is 12.2 Å². The van der Waals surface area contributed by atoms with Crippen LogP contribution in [0.5, 0.6) is 0 Å². The summed E-state index contributed by atoms with van der Waals surface area (Å²) in [5.74, 6) is -1.61. The van der Waals surface area contributed by atoms with Gasteiger partial charge in [-0.1, -0.05) is 6.07 Å². The van der Waals surface area contributed by atoms with E-state index in [1.165, 1.54) is 25.3 Å². The van der Waals surface area contributed by atoms with Crippen molar-refractivity contribution in [2.24, 2.45) is 0 Å². The predicted octanol–water partition coefficient (Wildman–Crippen LogP) is 1.71. The molecule has 1 rings (SSSR count). The van der Waals surface area contributed by atoms with Crippen molar-refractivity contribution in [1.82, 2.24) is 0 Å². The largest absolute Gasteiger partial charge is 0.478 e. The number of carboxylic acid groups (broad SMARTS) is 1. The molecule has 0 aliphatic rings. The Bertz CT molecular complexity index is 336. The summed E-state index contributed by atoms with van der Waals surface area (Å²) in [5, 5.41) is 8.78. The molecule has 0 aromatic heterocycles. The minimum atomic E-state index is -1.12. The van der Waals surface area contributed by atoms with E-state index in [4.69, 9.17) is 9.84 Å². The SMILES string of the molecule is COCCc1c(F)cccc1C(=O)O. The summed E-state index contributed by atoms with van der Waals surface area (Å²) in [6.07, 6.45) is 0.269. The number of carbonyl (C=O) groups is 1. The maximum Gasteiger partial charge on any atom is 0.336 e. The van der Waals surface area contributed by atoms with Gasteiger partial charge in [-0.15, -0.1) is 0 Å². The van der Waals surface area contributed by atoms with E-state index < -0.39 is 11.8 Å². The zero-order chi connectivity index (χ0) is 10.6. The summed E-state index contributed by atoms with van der Waals surface area (Å²) in [6.45, 7) is 0.307. The maximum absolute atomic E-state index is 13.2. The van der Waals surface area contributed by atoms with Gasteiger partial charge in [-0.3, -0.25) is 0 Å². The molecular formula is C10H11FO3. The molecule has 0 radical (unpaired) electrons. The first-order valence-electron chi connectivity index (χ1n) is 4.16. The predicted molar refractivity (Wildman–Crippen MR) is 48.9 cm³/mol. The molecule has 0 amide bonds. The number of hydrogen-bond acceptors (Lipinski definition) is 2. The van der Waals surface area contributed by atoms with E-state index >= 15 is 0 Å². The molecule has 14 heavy (non-hydrogen) atoms. The minimum Gasteiger partial charge on any atom is -0.478 e. The normalized spacial score (nSPS) is 10.1. The van der Waals surface area contributed by atoms with Crippen molar-refractivity contribution < 1.29 is 19.0 Å². The molecule has 0 bridgehead atoms. The molecule has 4 heteroatoms. The average Bonchev–Trinajstić information content (AvgIpc) is 2.15. The summed E-state index contributed by atoms with van der Waals surface area (Å²) in [5.41, 5.74) is 0.198. The van der Waals surface area contributed by atoms with Crippen LogP contribution >= 0.6 is 0 Å². The zero-order valence-corrected chi connectivity index (χ0v) is 7.79. The van der Waals surface area contributed by atoms with Gasteiger partial charge >= 0.3 is 5.97 Å². The van der Waals surface area contributed by atoms with Crippen molar-refractivity contribution in [3.63, 3.8) is 0 Å². The van der Waals surface area contributed by atoms with Crippen LogP contribution in [0.3, 0.4) is 0 Å². The molecule has 0 fully saturated rings. The number of carboxylic acids is 1. The van der Waals surface area contributed by atoms with Crippen molar-refractivity contribution in [2.45, 2.75) is 6.42 Å². The fourth-order valence-corrected chi connectivity index (χ4v) is 1.22. The number of aromatic carboxylic acids is 1. The Morgan fingerprint density at radius 3 is 2.86 bits per heavy atom. The lowest BCUT2D eigenvalue weighted by Gasteiger charge is -2.06. The lowest BCUT2D eigenvalue weighted by Crippen LogP contribution is -2.07. The van der Waals surface area contributed by atoms with Gasteiger partial charge < -0.3 is 9.84 Å². The summed E-state index contributed by atoms with van der Waals surface area (Å²) < 4.78 is 18.0. The Morgan fingerprint density at radius 1 is 1.57 bits per heavy atom. The smallest absolute Gasteiger partial charge is 0.336 e. The van der Waals surface area contributed by atoms with Crippen molar-refractivity contribution in [1.29, 1.82) is 0 Å². The van der Waals surface area contributed by atoms with Gasteiger partial charge in [0.25, 0.3) is 0 Å². The van der Waals surface area contributed by atoms with Crippen LogP contribution in [-0.4, -0.2) is 24.8 Å². The number of methoxy groups -OCH3 is 1. The second kappa shape index (κ2) is 4.72. The molecule has 1 aromatic rings. The number of ether oxygens (including phenoxy) is 1. The van der Waals surface area contributed by atoms with Crippen LogP contribution in [0.15, 0.2) is 18.2 Å². The summed E-state index contributed by atoms with van der Waals surface area (Å²) in [6, 6.07) is 4.02. The average molecular weight is 198 g/mol. The van der Waals surface area contributed by atoms with E-state index in [0.717, 1.165) is 0 Å². The molecule has 76 valence electrons. The Kier molecular flexibility index (Phi) is 3.59. The third-order valence-electron chi connectivity index (χ3n) is 1.91. The third kappa shape index (κ3) is 2.29. The first-order valence-corrected chi connectivity index (χ1v) is 4.16. The molecule has 0 spiro atoms. The van der Waals surface area contributed by atoms with E-state index in [1.54, 1.807) is 0 Å². The van der Waals surface area contributed by atoms with Gasteiger partial charge in [0.15, 0.2) is 0 Å². The van der Waals surface area contributed by atoms with E-state index in [9.17, 15) is 9.18 Å². The Hall–Kier alpha value is -1.42. The topological polar surface area (TPSA) is 46.5 Å². The second-order valence-corrected chi connectivity index (χ2v) is 2.81. The summed E-state index contributed by atoms with van der Waals surface area (Å²) in [7, 11) is 1.49. The van der Waals surface area contributed by atoms with Crippen LogP contribution < -0.4 is 0 Å². The number of hydrogen-bond donors (Lipinski definition) is 1. The van der Waals surface area contributed by atoms with E-state index in [0.29, 0.717) is 6.61 Å². The van der Waals surface area contributed by atoms with Crippen LogP contribution in [0.1, 0.15) is 15.9 Å². The van der Waals surface area contributed by atoms with Gasteiger partial charge in [0.2, 0.25) is 0 Å². The van der Waals surface area contributed by atoms with Crippen LogP contribution in [0.2, 0.25) is 0 Å². The molecule has 0 aliphatic heterocycles. The zero-order valence-electron chi connectivity index (χ0n) is 7.79. The van der Waals surface area contributed by atoms with E-state index in [1.807, 2.05) is 0 Å². The molecule has 0 heterocycles. The van der Waals surface area contributed by atoms with E-state index in [-0.39, 0.29) is 17.5 Å². The van der Waals surface area contributed by atoms with Crippen molar-refractivity contribution >= 4 is 5.97 Å². The van der Waals surface area contributed by atoms with Crippen molar-refractivity contribution in [3.05, 3.63) is 35.1 Å². The van der Waals surface area contributed by atoms with Crippen molar-refractivity contribution in [3.8, 4) is 0 Å². The summed E-state index contributed by atoms with van der Waals surface area (Å²) in [4.78, 5) is 10.7. The fourth-order valence-electron chi connectivity index (χ4n) is 1.22. The van der Waals surface area contributed by atoms with Crippen LogP contribution in [0.4, 0.5) is 4.39 Å². The minimum absolute atomic E-state index is 0.00190. The standard InChI is InChI=1S/C10H11FO3/c1-14-6-5-7-8(10(12)13)3-2-4-9(7)11/h2-4H,5-6H2,1H3,(H,12,13). The number of halogens is 1.